The van der Waals surface area contributed by atoms with Crippen LogP contribution in [0.3, 0.4) is 0 Å². The number of alkyl halides is 2. The quantitative estimate of drug-likeness (QED) is 0.464. The van der Waals surface area contributed by atoms with Gasteiger partial charge in [-0.1, -0.05) is 12.1 Å². The monoisotopic (exact) mass is 449 g/mol. The summed E-state index contributed by atoms with van der Waals surface area (Å²) in [6.45, 7) is -2.69. The van der Waals surface area contributed by atoms with E-state index >= 15 is 0 Å². The van der Waals surface area contributed by atoms with E-state index in [0.717, 1.165) is 11.3 Å². The average molecular weight is 449 g/mol. The van der Waals surface area contributed by atoms with Crippen LogP contribution in [0.4, 0.5) is 18.3 Å². The van der Waals surface area contributed by atoms with Crippen molar-refractivity contribution in [1.29, 1.82) is 0 Å². The predicted octanol–water partition coefficient (Wildman–Crippen LogP) is 4.70. The molecule has 0 saturated carbocycles. The fourth-order valence-corrected chi connectivity index (χ4v) is 3.39. The number of carbonyl (C=O) groups excluding carboxylic acids is 2. The Morgan fingerprint density at radius 1 is 1.10 bits per heavy atom. The molecule has 0 atom stereocenters. The first-order valence-electron chi connectivity index (χ1n) is 9.26. The van der Waals surface area contributed by atoms with E-state index in [1.54, 1.807) is 23.6 Å². The summed E-state index contributed by atoms with van der Waals surface area (Å²) in [6.07, 6.45) is 0.533. The van der Waals surface area contributed by atoms with Gasteiger partial charge in [-0.05, 0) is 42.8 Å². The van der Waals surface area contributed by atoms with Gasteiger partial charge in [0.1, 0.15) is 11.6 Å². The van der Waals surface area contributed by atoms with Crippen molar-refractivity contribution in [3.63, 3.8) is 0 Å². The second-order valence-electron chi connectivity index (χ2n) is 6.33. The van der Waals surface area contributed by atoms with Gasteiger partial charge < -0.3 is 15.4 Å². The zero-order chi connectivity index (χ0) is 22.2. The summed E-state index contributed by atoms with van der Waals surface area (Å²) in [5.41, 5.74) is 1.13. The first-order chi connectivity index (χ1) is 14.9. The Morgan fingerprint density at radius 2 is 1.84 bits per heavy atom. The maximum atomic E-state index is 12.9. The second kappa shape index (κ2) is 10.6. The summed E-state index contributed by atoms with van der Waals surface area (Å²) in [7, 11) is 0. The number of halogens is 3. The number of hydrogen-bond acceptors (Lipinski definition) is 5. The Balaban J connectivity index is 1.47. The Labute approximate surface area is 180 Å². The molecule has 2 aromatic carbocycles. The third kappa shape index (κ3) is 6.54. The first-order valence-corrected chi connectivity index (χ1v) is 10.1. The van der Waals surface area contributed by atoms with E-state index in [4.69, 9.17) is 0 Å². The molecular weight excluding hydrogens is 431 g/mol. The number of anilines is 1. The normalized spacial score (nSPS) is 10.7. The van der Waals surface area contributed by atoms with Crippen LogP contribution in [0.2, 0.25) is 0 Å². The van der Waals surface area contributed by atoms with E-state index in [9.17, 15) is 22.8 Å². The molecule has 10 heteroatoms. The van der Waals surface area contributed by atoms with Gasteiger partial charge in [-0.15, -0.1) is 11.3 Å². The summed E-state index contributed by atoms with van der Waals surface area (Å²) in [5.74, 6) is -1.08. The molecule has 1 aromatic heterocycles. The molecule has 0 bridgehead atoms. The third-order valence-corrected chi connectivity index (χ3v) is 4.86. The van der Waals surface area contributed by atoms with Crippen LogP contribution >= 0.6 is 11.3 Å². The summed E-state index contributed by atoms with van der Waals surface area (Å²) in [4.78, 5) is 28.3. The Hall–Kier alpha value is -3.40. The number of amides is 2. The molecule has 31 heavy (non-hydrogen) atoms. The number of thiazole rings is 1. The lowest BCUT2D eigenvalue weighted by atomic mass is 10.1. The van der Waals surface area contributed by atoms with E-state index in [-0.39, 0.29) is 30.5 Å². The van der Waals surface area contributed by atoms with Crippen LogP contribution in [0.25, 0.3) is 11.3 Å². The van der Waals surface area contributed by atoms with Crippen molar-refractivity contribution in [2.75, 3.05) is 11.9 Å². The van der Waals surface area contributed by atoms with Gasteiger partial charge in [-0.3, -0.25) is 9.59 Å². The molecule has 0 aliphatic heterocycles. The van der Waals surface area contributed by atoms with E-state index < -0.39 is 12.4 Å². The van der Waals surface area contributed by atoms with Crippen molar-refractivity contribution in [3.8, 4) is 17.0 Å². The number of nitrogens with zero attached hydrogens (tertiary/aromatic N) is 1. The van der Waals surface area contributed by atoms with Gasteiger partial charge in [-0.25, -0.2) is 9.37 Å². The Bertz CT molecular complexity index is 1040. The van der Waals surface area contributed by atoms with Crippen LogP contribution < -0.4 is 15.4 Å². The number of carbonyl (C=O) groups is 2. The molecule has 0 radical (unpaired) electrons. The minimum Gasteiger partial charge on any atom is -0.434 e. The number of hydrogen-bond donors (Lipinski definition) is 2. The topological polar surface area (TPSA) is 80.3 Å². The minimum atomic E-state index is -2.96. The average Bonchev–Trinajstić information content (AvgIpc) is 3.19. The molecular formula is C21H18F3N3O3S. The number of nitrogens with one attached hydrogen (secondary N) is 2. The lowest BCUT2D eigenvalue weighted by Crippen LogP contribution is -2.25. The summed E-state index contributed by atoms with van der Waals surface area (Å²) < 4.78 is 42.5. The highest BCUT2D eigenvalue weighted by atomic mass is 32.1. The molecule has 3 aromatic rings. The fourth-order valence-electron chi connectivity index (χ4n) is 2.67. The molecule has 2 N–H and O–H groups in total. The standard InChI is InChI=1S/C21H18F3N3O3S/c22-14-9-7-13(8-10-14)19(29)25-11-3-6-18(28)27-21-26-16(12-31-21)15-4-1-2-5-17(15)30-20(23)24/h1-2,4-5,7-10,12,20H,3,6,11H2,(H,25,29)(H,26,27,28). The van der Waals surface area contributed by atoms with Crippen LogP contribution in [-0.2, 0) is 4.79 Å². The largest absolute Gasteiger partial charge is 0.434 e. The molecule has 0 aliphatic rings. The van der Waals surface area contributed by atoms with Gasteiger partial charge in [-0.2, -0.15) is 8.78 Å². The van der Waals surface area contributed by atoms with Gasteiger partial charge in [0.05, 0.1) is 5.69 Å². The summed E-state index contributed by atoms with van der Waals surface area (Å²) >= 11 is 1.16. The third-order valence-electron chi connectivity index (χ3n) is 4.10. The van der Waals surface area contributed by atoms with Gasteiger partial charge in [0.2, 0.25) is 5.91 Å². The Kier molecular flexibility index (Phi) is 7.60. The van der Waals surface area contributed by atoms with E-state index in [1.165, 1.54) is 30.3 Å². The molecule has 162 valence electrons. The highest BCUT2D eigenvalue weighted by Gasteiger charge is 2.14. The van der Waals surface area contributed by atoms with Crippen LogP contribution in [0, 0.1) is 5.82 Å². The van der Waals surface area contributed by atoms with Crippen molar-refractivity contribution in [1.82, 2.24) is 10.3 Å². The lowest BCUT2D eigenvalue weighted by Gasteiger charge is -2.08. The molecule has 1 heterocycles. The molecule has 0 fully saturated rings. The van der Waals surface area contributed by atoms with Crippen LogP contribution in [0.1, 0.15) is 23.2 Å². The number of benzene rings is 2. The fraction of sp³-hybridized carbons (Fsp3) is 0.190. The zero-order valence-corrected chi connectivity index (χ0v) is 16.9. The molecule has 6 nitrogen and oxygen atoms in total. The SMILES string of the molecule is O=C(CCCNC(=O)c1ccc(F)cc1)Nc1nc(-c2ccccc2OC(F)F)cs1. The molecule has 2 amide bonds. The molecule has 0 aliphatic carbocycles. The molecule has 0 saturated heterocycles. The molecule has 0 spiro atoms. The number of rotatable bonds is 9. The van der Waals surface area contributed by atoms with Crippen molar-refractivity contribution in [3.05, 3.63) is 65.3 Å². The maximum Gasteiger partial charge on any atom is 0.387 e. The van der Waals surface area contributed by atoms with Crippen LogP contribution in [0.15, 0.2) is 53.9 Å². The van der Waals surface area contributed by atoms with Crippen LogP contribution in [-0.4, -0.2) is 30.0 Å². The van der Waals surface area contributed by atoms with Gasteiger partial charge in [0.25, 0.3) is 5.91 Å². The number of aromatic nitrogens is 1. The molecule has 0 unspecified atom stereocenters. The first kappa shape index (κ1) is 22.3. The smallest absolute Gasteiger partial charge is 0.387 e. The van der Waals surface area contributed by atoms with Gasteiger partial charge in [0, 0.05) is 29.5 Å². The Morgan fingerprint density at radius 3 is 2.58 bits per heavy atom. The highest BCUT2D eigenvalue weighted by Crippen LogP contribution is 2.33. The lowest BCUT2D eigenvalue weighted by molar-refractivity contribution is -0.116. The van der Waals surface area contributed by atoms with Crippen LogP contribution in [0.5, 0.6) is 5.75 Å². The molecule has 3 rings (SSSR count). The summed E-state index contributed by atoms with van der Waals surface area (Å²) in [5, 5.41) is 7.25. The van der Waals surface area contributed by atoms with E-state index in [0.29, 0.717) is 28.4 Å². The van der Waals surface area contributed by atoms with Crippen molar-refractivity contribution in [2.24, 2.45) is 0 Å². The van der Waals surface area contributed by atoms with Crippen molar-refractivity contribution < 1.29 is 27.5 Å². The van der Waals surface area contributed by atoms with Gasteiger partial charge in [0.15, 0.2) is 5.13 Å². The zero-order valence-electron chi connectivity index (χ0n) is 16.1. The number of para-hydroxylation sites is 1. The van der Waals surface area contributed by atoms with Gasteiger partial charge >= 0.3 is 6.61 Å². The summed E-state index contributed by atoms with van der Waals surface area (Å²) in [6, 6.07) is 11.4. The van der Waals surface area contributed by atoms with E-state index in [1.807, 2.05) is 0 Å². The van der Waals surface area contributed by atoms with Crippen molar-refractivity contribution >= 4 is 28.3 Å². The predicted molar refractivity (Wildman–Crippen MR) is 111 cm³/mol. The number of ether oxygens (including phenoxy) is 1. The van der Waals surface area contributed by atoms with E-state index in [2.05, 4.69) is 20.4 Å². The van der Waals surface area contributed by atoms with Crippen molar-refractivity contribution in [2.45, 2.75) is 19.5 Å². The maximum absolute atomic E-state index is 12.9. The highest BCUT2D eigenvalue weighted by molar-refractivity contribution is 7.14. The minimum absolute atomic E-state index is 0.00225. The second-order valence-corrected chi connectivity index (χ2v) is 7.19.